The van der Waals surface area contributed by atoms with Gasteiger partial charge in [0.1, 0.15) is 0 Å². The average Bonchev–Trinajstić information content (AvgIpc) is 3.21. The number of hydrogen-bond donors (Lipinski definition) is 0. The molecular weight excluding hydrogens is 418 g/mol. The van der Waals surface area contributed by atoms with Crippen LogP contribution in [0.25, 0.3) is 0 Å². The molecule has 1 aliphatic heterocycles. The fourth-order valence-corrected chi connectivity index (χ4v) is 5.16. The summed E-state index contributed by atoms with van der Waals surface area (Å²) in [7, 11) is -3.33. The van der Waals surface area contributed by atoms with E-state index >= 15 is 0 Å². The van der Waals surface area contributed by atoms with Gasteiger partial charge in [-0.2, -0.15) is 9.29 Å². The molecule has 0 radical (unpaired) electrons. The van der Waals surface area contributed by atoms with Gasteiger partial charge in [0.15, 0.2) is 5.82 Å². The Balaban J connectivity index is 1.45. The molecule has 2 aromatic rings. The second kappa shape index (κ2) is 10.8. The number of aromatic nitrogens is 2. The van der Waals surface area contributed by atoms with E-state index < -0.39 is 10.0 Å². The second-order valence-electron chi connectivity index (χ2n) is 7.59. The molecule has 1 saturated heterocycles. The maximum absolute atomic E-state index is 12.7. The first-order chi connectivity index (χ1) is 14.9. The Morgan fingerprint density at radius 2 is 1.77 bits per heavy atom. The Morgan fingerprint density at radius 3 is 2.42 bits per heavy atom. The summed E-state index contributed by atoms with van der Waals surface area (Å²) in [5, 5.41) is 4.01. The van der Waals surface area contributed by atoms with Crippen molar-refractivity contribution in [2.24, 2.45) is 0 Å². The predicted octanol–water partition coefficient (Wildman–Crippen LogP) is 1.52. The molecule has 10 heteroatoms. The van der Waals surface area contributed by atoms with Crippen LogP contribution in [0.1, 0.15) is 37.5 Å². The van der Waals surface area contributed by atoms with Crippen molar-refractivity contribution in [3.63, 3.8) is 0 Å². The number of benzene rings is 1. The molecule has 0 N–H and O–H groups in total. The second-order valence-corrected chi connectivity index (χ2v) is 9.56. The Kier molecular flexibility index (Phi) is 8.16. The lowest BCUT2D eigenvalue weighted by Crippen LogP contribution is -2.48. The summed E-state index contributed by atoms with van der Waals surface area (Å²) < 4.78 is 32.2. The number of nitrogens with zero attached hydrogens (tertiary/aromatic N) is 5. The monoisotopic (exact) mass is 449 g/mol. The smallest absolute Gasteiger partial charge is 0.227 e. The van der Waals surface area contributed by atoms with Gasteiger partial charge < -0.3 is 9.42 Å². The normalized spacial score (nSPS) is 15.8. The van der Waals surface area contributed by atoms with Crippen molar-refractivity contribution >= 4 is 15.9 Å². The predicted molar refractivity (Wildman–Crippen MR) is 116 cm³/mol. The van der Waals surface area contributed by atoms with Crippen LogP contribution in [0.4, 0.5) is 0 Å². The maximum atomic E-state index is 12.7. The van der Waals surface area contributed by atoms with Gasteiger partial charge in [0.05, 0.1) is 12.3 Å². The van der Waals surface area contributed by atoms with E-state index in [0.717, 1.165) is 5.56 Å². The summed E-state index contributed by atoms with van der Waals surface area (Å²) in [6, 6.07) is 9.23. The summed E-state index contributed by atoms with van der Waals surface area (Å²) in [5.74, 6) is 1.12. The third-order valence-corrected chi connectivity index (χ3v) is 7.31. The summed E-state index contributed by atoms with van der Waals surface area (Å²) in [5.41, 5.74) is 0.795. The van der Waals surface area contributed by atoms with Crippen LogP contribution < -0.4 is 0 Å². The van der Waals surface area contributed by atoms with Gasteiger partial charge in [-0.15, -0.1) is 0 Å². The molecule has 170 valence electrons. The van der Waals surface area contributed by atoms with Crippen molar-refractivity contribution in [3.05, 3.63) is 47.6 Å². The molecule has 1 aliphatic rings. The molecule has 0 unspecified atom stereocenters. The third kappa shape index (κ3) is 6.59. The first-order valence-electron chi connectivity index (χ1n) is 10.7. The van der Waals surface area contributed by atoms with Gasteiger partial charge in [0, 0.05) is 52.1 Å². The molecule has 31 heavy (non-hydrogen) atoms. The highest BCUT2D eigenvalue weighted by atomic mass is 32.2. The average molecular weight is 450 g/mol. The van der Waals surface area contributed by atoms with E-state index in [1.165, 1.54) is 0 Å². The van der Waals surface area contributed by atoms with E-state index in [2.05, 4.69) is 15.0 Å². The number of sulfonamides is 1. The highest BCUT2D eigenvalue weighted by molar-refractivity contribution is 7.88. The first-order valence-corrected chi connectivity index (χ1v) is 12.4. The number of carbonyl (C=O) groups excluding carboxylic acids is 1. The third-order valence-electron chi connectivity index (χ3n) is 5.46. The van der Waals surface area contributed by atoms with E-state index in [1.807, 2.05) is 44.2 Å². The first kappa shape index (κ1) is 23.4. The van der Waals surface area contributed by atoms with Crippen LogP contribution in [0.3, 0.4) is 0 Å². The van der Waals surface area contributed by atoms with E-state index in [-0.39, 0.29) is 11.7 Å². The molecule has 0 bridgehead atoms. The van der Waals surface area contributed by atoms with E-state index in [0.29, 0.717) is 70.4 Å². The molecule has 1 aromatic carbocycles. The minimum Gasteiger partial charge on any atom is -0.343 e. The quantitative estimate of drug-likeness (QED) is 0.542. The molecule has 0 spiro atoms. The standard InChI is InChI=1S/C21H31N5O4S/c1-3-25(4-2)21(27)11-10-20-22-19(23-30-20)16-24-12-14-26(15-13-24)31(28,29)17-18-8-6-5-7-9-18/h5-9H,3-4,10-17H2,1-2H3. The van der Waals surface area contributed by atoms with Crippen LogP contribution in [-0.2, 0) is 33.5 Å². The zero-order valence-corrected chi connectivity index (χ0v) is 19.1. The zero-order chi connectivity index (χ0) is 22.3. The van der Waals surface area contributed by atoms with Gasteiger partial charge in [-0.05, 0) is 19.4 Å². The van der Waals surface area contributed by atoms with E-state index in [9.17, 15) is 13.2 Å². The summed E-state index contributed by atoms with van der Waals surface area (Å²) in [6.45, 7) is 7.90. The molecule has 1 amide bonds. The van der Waals surface area contributed by atoms with Crippen molar-refractivity contribution in [3.8, 4) is 0 Å². The Morgan fingerprint density at radius 1 is 1.10 bits per heavy atom. The lowest BCUT2D eigenvalue weighted by Gasteiger charge is -2.33. The largest absolute Gasteiger partial charge is 0.343 e. The van der Waals surface area contributed by atoms with Crippen molar-refractivity contribution < 1.29 is 17.7 Å². The van der Waals surface area contributed by atoms with E-state index in [4.69, 9.17) is 4.52 Å². The lowest BCUT2D eigenvalue weighted by molar-refractivity contribution is -0.130. The Bertz CT molecular complexity index is 936. The summed E-state index contributed by atoms with van der Waals surface area (Å²) in [6.07, 6.45) is 0.773. The summed E-state index contributed by atoms with van der Waals surface area (Å²) in [4.78, 5) is 20.4. The molecule has 0 atom stereocenters. The number of amides is 1. The molecule has 2 heterocycles. The van der Waals surface area contributed by atoms with Gasteiger partial charge in [-0.25, -0.2) is 8.42 Å². The highest BCUT2D eigenvalue weighted by Gasteiger charge is 2.27. The molecule has 3 rings (SSSR count). The zero-order valence-electron chi connectivity index (χ0n) is 18.2. The van der Waals surface area contributed by atoms with Crippen LogP contribution in [0.2, 0.25) is 0 Å². The van der Waals surface area contributed by atoms with Crippen LogP contribution in [0.15, 0.2) is 34.9 Å². The minimum absolute atomic E-state index is 0.0221. The van der Waals surface area contributed by atoms with Crippen LogP contribution in [0.5, 0.6) is 0 Å². The molecule has 0 saturated carbocycles. The lowest BCUT2D eigenvalue weighted by atomic mass is 10.2. The molecule has 9 nitrogen and oxygen atoms in total. The Hall–Kier alpha value is -2.30. The van der Waals surface area contributed by atoms with Gasteiger partial charge in [-0.3, -0.25) is 9.69 Å². The van der Waals surface area contributed by atoms with E-state index in [1.54, 1.807) is 9.21 Å². The molecular formula is C21H31N5O4S. The number of aryl methyl sites for hydroxylation is 1. The van der Waals surface area contributed by atoms with Gasteiger partial charge in [-0.1, -0.05) is 35.5 Å². The van der Waals surface area contributed by atoms with Crippen molar-refractivity contribution in [2.75, 3.05) is 39.3 Å². The van der Waals surface area contributed by atoms with Gasteiger partial charge in [0.25, 0.3) is 0 Å². The van der Waals surface area contributed by atoms with Crippen LogP contribution in [-0.4, -0.2) is 77.8 Å². The number of rotatable bonds is 10. The highest BCUT2D eigenvalue weighted by Crippen LogP contribution is 2.15. The summed E-state index contributed by atoms with van der Waals surface area (Å²) >= 11 is 0. The van der Waals surface area contributed by atoms with Gasteiger partial charge in [0.2, 0.25) is 21.8 Å². The number of carbonyl (C=O) groups is 1. The molecule has 1 aromatic heterocycles. The van der Waals surface area contributed by atoms with Crippen molar-refractivity contribution in [1.82, 2.24) is 24.2 Å². The SMILES string of the molecule is CCN(CC)C(=O)CCc1nc(CN2CCN(S(=O)(=O)Cc3ccccc3)CC2)no1. The number of hydrogen-bond acceptors (Lipinski definition) is 7. The fourth-order valence-electron chi connectivity index (χ4n) is 3.65. The van der Waals surface area contributed by atoms with Crippen LogP contribution in [0, 0.1) is 0 Å². The molecule has 0 aliphatic carbocycles. The van der Waals surface area contributed by atoms with Crippen LogP contribution >= 0.6 is 0 Å². The topological polar surface area (TPSA) is 99.9 Å². The maximum Gasteiger partial charge on any atom is 0.227 e. The van der Waals surface area contributed by atoms with Gasteiger partial charge >= 0.3 is 0 Å². The fraction of sp³-hybridized carbons (Fsp3) is 0.571. The Labute approximate surface area is 184 Å². The number of piperazine rings is 1. The van der Waals surface area contributed by atoms with Crippen molar-refractivity contribution in [1.29, 1.82) is 0 Å². The van der Waals surface area contributed by atoms with Crippen molar-refractivity contribution in [2.45, 2.75) is 39.0 Å². The molecule has 1 fully saturated rings. The minimum atomic E-state index is -3.33.